The average Bonchev–Trinajstić information content (AvgIpc) is 3.01. The Bertz CT molecular complexity index is 1130. The molecular weight excluding hydrogens is 348 g/mol. The summed E-state index contributed by atoms with van der Waals surface area (Å²) in [7, 11) is 0. The molecule has 4 nitrogen and oxygen atoms in total. The quantitative estimate of drug-likeness (QED) is 0.764. The highest BCUT2D eigenvalue weighted by Crippen LogP contribution is 2.47. The predicted molar refractivity (Wildman–Crippen MR) is 111 cm³/mol. The van der Waals surface area contributed by atoms with E-state index in [9.17, 15) is 6.17 Å². The molecule has 28 heavy (non-hydrogen) atoms. The van der Waals surface area contributed by atoms with Crippen molar-refractivity contribution < 1.29 is 20.5 Å². The van der Waals surface area contributed by atoms with Crippen molar-refractivity contribution in [3.05, 3.63) is 71.7 Å². The lowest BCUT2D eigenvalue weighted by atomic mass is 9.66. The molecule has 0 bridgehead atoms. The van der Waals surface area contributed by atoms with E-state index in [1.54, 1.807) is 37.3 Å². The minimum Gasteiger partial charge on any atom is -0.379 e. The molecule has 2 aromatic rings. The Morgan fingerprint density at radius 3 is 2.57 bits per heavy atom. The van der Waals surface area contributed by atoms with Crippen molar-refractivity contribution in [1.82, 2.24) is 9.80 Å². The van der Waals surface area contributed by atoms with Crippen LogP contribution >= 0.6 is 0 Å². The summed E-state index contributed by atoms with van der Waals surface area (Å²) in [5.41, 5.74) is -2.31. The molecule has 0 aliphatic carbocycles. The molecule has 148 valence electrons. The number of nitrogens with zero attached hydrogens (tertiary/aromatic N) is 2. The molecule has 0 aromatic heterocycles. The van der Waals surface area contributed by atoms with Crippen LogP contribution in [0.1, 0.15) is 35.4 Å². The molecule has 0 spiro atoms. The molecule has 1 unspecified atom stereocenters. The fourth-order valence-corrected chi connectivity index (χ4v) is 4.02. The number of ether oxygens (including phenoxy) is 1. The van der Waals surface area contributed by atoms with Gasteiger partial charge in [-0.15, -0.1) is 0 Å². The van der Waals surface area contributed by atoms with Gasteiger partial charge in [0.15, 0.2) is 0 Å². The van der Waals surface area contributed by atoms with Gasteiger partial charge in [-0.25, -0.2) is 0 Å². The van der Waals surface area contributed by atoms with Crippen LogP contribution in [0.25, 0.3) is 0 Å². The normalized spacial score (nSPS) is 34.5. The first-order chi connectivity index (χ1) is 17.0. The molecule has 2 atom stereocenters. The highest BCUT2D eigenvalue weighted by atomic mass is 16.5. The van der Waals surface area contributed by atoms with Crippen molar-refractivity contribution in [2.45, 2.75) is 18.8 Å². The number of hydrogen-bond acceptors (Lipinski definition) is 3. The number of rotatable bonds is 6. The smallest absolute Gasteiger partial charge is 0.238 e. The van der Waals surface area contributed by atoms with Crippen molar-refractivity contribution in [2.75, 3.05) is 45.9 Å². The van der Waals surface area contributed by atoms with E-state index in [4.69, 9.17) is 14.3 Å². The van der Waals surface area contributed by atoms with Crippen LogP contribution in [0.5, 0.6) is 0 Å². The van der Waals surface area contributed by atoms with E-state index in [2.05, 4.69) is 0 Å². The van der Waals surface area contributed by atoms with Gasteiger partial charge in [-0.2, -0.15) is 0 Å². The average molecular weight is 387 g/mol. The van der Waals surface area contributed by atoms with Crippen molar-refractivity contribution in [1.29, 1.82) is 0 Å². The van der Waals surface area contributed by atoms with Crippen LogP contribution in [-0.4, -0.2) is 61.6 Å². The maximum absolute atomic E-state index is 14.4. The topological polar surface area (TPSA) is 32.8 Å². The van der Waals surface area contributed by atoms with Crippen LogP contribution in [0.3, 0.4) is 0 Å². The number of morpholine rings is 1. The van der Waals surface area contributed by atoms with Gasteiger partial charge in [0.05, 0.1) is 20.1 Å². The summed E-state index contributed by atoms with van der Waals surface area (Å²) >= 11 is 0. The number of likely N-dealkylation sites (N-methyl/N-ethyl adjacent to an activating group) is 1. The minimum atomic E-state index is -2.50. The van der Waals surface area contributed by atoms with Crippen LogP contribution < -0.4 is 0 Å². The first-order valence-electron chi connectivity index (χ1n) is 13.7. The van der Waals surface area contributed by atoms with E-state index in [-0.39, 0.29) is 30.6 Å². The van der Waals surface area contributed by atoms with Crippen molar-refractivity contribution in [2.24, 2.45) is 5.89 Å². The van der Waals surface area contributed by atoms with Crippen LogP contribution in [0.4, 0.5) is 0 Å². The lowest BCUT2D eigenvalue weighted by molar-refractivity contribution is -0.131. The Labute approximate surface area is 179 Å². The second-order valence-corrected chi connectivity index (χ2v) is 6.96. The third kappa shape index (κ3) is 3.36. The zero-order valence-electron chi connectivity index (χ0n) is 24.0. The summed E-state index contributed by atoms with van der Waals surface area (Å²) in [6, 6.07) is 5.09. The van der Waals surface area contributed by atoms with E-state index < -0.39 is 53.9 Å². The molecule has 2 saturated heterocycles. The molecule has 0 radical (unpaired) electrons. The standard InChI is InChI=1S/C24H30N2O2/c1-2-26-19-22(13-14-25-15-17-28-18-16-25)24(23(26)27,20-9-5-3-6-10-20)21-11-7-4-8-12-21/h3-12,22H,2,13-19H2,1H3/i3D,5D,6D,9D,10D,19D2,22D/t22?,24-/m0/s1. The maximum atomic E-state index is 14.4. The van der Waals surface area contributed by atoms with Gasteiger partial charge in [0, 0.05) is 36.1 Å². The van der Waals surface area contributed by atoms with Crippen LogP contribution in [0.2, 0.25) is 0 Å². The molecule has 2 heterocycles. The van der Waals surface area contributed by atoms with E-state index in [0.717, 1.165) is 4.90 Å². The van der Waals surface area contributed by atoms with Crippen molar-refractivity contribution >= 4 is 5.91 Å². The number of hydrogen-bond donors (Lipinski definition) is 0. The van der Waals surface area contributed by atoms with Gasteiger partial charge in [-0.05, 0) is 31.0 Å². The lowest BCUT2D eigenvalue weighted by Crippen LogP contribution is -2.43. The van der Waals surface area contributed by atoms with Gasteiger partial charge in [-0.1, -0.05) is 60.5 Å². The number of benzene rings is 2. The second-order valence-electron chi connectivity index (χ2n) is 6.96. The molecule has 2 fully saturated rings. The zero-order chi connectivity index (χ0) is 26.5. The summed E-state index contributed by atoms with van der Waals surface area (Å²) in [5, 5.41) is 0. The monoisotopic (exact) mass is 386 g/mol. The van der Waals surface area contributed by atoms with Crippen molar-refractivity contribution in [3.63, 3.8) is 0 Å². The minimum absolute atomic E-state index is 0.0444. The van der Waals surface area contributed by atoms with Gasteiger partial charge in [-0.3, -0.25) is 9.69 Å². The Morgan fingerprint density at radius 2 is 1.89 bits per heavy atom. The molecular formula is C24H30N2O2. The highest BCUT2D eigenvalue weighted by Gasteiger charge is 2.55. The Hall–Kier alpha value is -2.17. The molecule has 1 amide bonds. The van der Waals surface area contributed by atoms with Crippen molar-refractivity contribution in [3.8, 4) is 0 Å². The van der Waals surface area contributed by atoms with Crippen LogP contribution in [-0.2, 0) is 14.9 Å². The molecule has 2 aliphatic rings. The summed E-state index contributed by atoms with van der Waals surface area (Å²) < 4.78 is 75.5. The van der Waals surface area contributed by atoms with E-state index in [0.29, 0.717) is 26.3 Å². The Morgan fingerprint density at radius 1 is 1.18 bits per heavy atom. The maximum Gasteiger partial charge on any atom is 0.238 e. The zero-order valence-corrected chi connectivity index (χ0v) is 16.0. The summed E-state index contributed by atoms with van der Waals surface area (Å²) in [6.45, 7) is 1.55. The number of likely N-dealkylation sites (tertiary alicyclic amines) is 1. The summed E-state index contributed by atoms with van der Waals surface area (Å²) in [4.78, 5) is 17.4. The summed E-state index contributed by atoms with van der Waals surface area (Å²) in [6.07, 6.45) is -0.112. The fraction of sp³-hybridized carbons (Fsp3) is 0.458. The van der Waals surface area contributed by atoms with Gasteiger partial charge < -0.3 is 9.64 Å². The van der Waals surface area contributed by atoms with E-state index in [1.807, 2.05) is 4.90 Å². The first-order valence-corrected chi connectivity index (χ1v) is 9.71. The van der Waals surface area contributed by atoms with Crippen LogP contribution in [0, 0.1) is 5.89 Å². The number of carbonyl (C=O) groups is 1. The SMILES string of the molecule is [2H]c1c([2H])c([2H])c([C@@]2(c3ccccc3)C(=O)N(CC)C([2H])([2H])C2([2H])CCN2CCOCC2)c([2H])c1[2H]. The number of amides is 1. The lowest BCUT2D eigenvalue weighted by Gasteiger charge is -2.36. The molecule has 4 heteroatoms. The van der Waals surface area contributed by atoms with Gasteiger partial charge in [0.1, 0.15) is 5.41 Å². The third-order valence-corrected chi connectivity index (χ3v) is 5.47. The largest absolute Gasteiger partial charge is 0.379 e. The first kappa shape index (κ1) is 11.7. The predicted octanol–water partition coefficient (Wildman–Crippen LogP) is 3.17. The Balaban J connectivity index is 2.08. The number of carbonyl (C=O) groups excluding carboxylic acids is 1. The van der Waals surface area contributed by atoms with E-state index >= 15 is 0 Å². The molecule has 0 N–H and O–H groups in total. The van der Waals surface area contributed by atoms with Crippen LogP contribution in [0.15, 0.2) is 60.5 Å². The molecule has 4 rings (SSSR count). The molecule has 2 aromatic carbocycles. The molecule has 2 aliphatic heterocycles. The fourth-order valence-electron chi connectivity index (χ4n) is 4.02. The van der Waals surface area contributed by atoms with Gasteiger partial charge in [0.2, 0.25) is 5.91 Å². The van der Waals surface area contributed by atoms with Gasteiger partial charge >= 0.3 is 0 Å². The highest BCUT2D eigenvalue weighted by molar-refractivity contribution is 5.94. The molecule has 0 saturated carbocycles. The third-order valence-electron chi connectivity index (χ3n) is 5.47. The second kappa shape index (κ2) is 8.46. The summed E-state index contributed by atoms with van der Waals surface area (Å²) in [5.74, 6) is -3.00. The Kier molecular flexibility index (Phi) is 3.55. The van der Waals surface area contributed by atoms with Gasteiger partial charge in [0.25, 0.3) is 0 Å². The van der Waals surface area contributed by atoms with E-state index in [1.165, 1.54) is 0 Å².